The van der Waals surface area contributed by atoms with Crippen LogP contribution >= 0.6 is 0 Å². The number of allylic oxidation sites excluding steroid dienone is 5. The Hall–Kier alpha value is -1.00. The van der Waals surface area contributed by atoms with Gasteiger partial charge in [-0.15, -0.1) is 5.73 Å². The first-order valence-electron chi connectivity index (χ1n) is 2.15. The van der Waals surface area contributed by atoms with Crippen molar-refractivity contribution >= 4 is 0 Å². The molecule has 7 heavy (non-hydrogen) atoms. The molecule has 1 aliphatic rings. The van der Waals surface area contributed by atoms with Crippen LogP contribution in [-0.2, 0) is 0 Å². The summed E-state index contributed by atoms with van der Waals surface area (Å²) >= 11 is 0. The van der Waals surface area contributed by atoms with Crippen molar-refractivity contribution in [2.75, 3.05) is 0 Å². The molecule has 33 valence electrons. The third-order valence-electron chi connectivity index (χ3n) is 0.661. The molecule has 0 aliphatic heterocycles. The standard InChI is InChI=1S/C7H5/c1-2-4-6-7-5-3-1/h1-3,6-7H. The Bertz CT molecular complexity index is 137. The van der Waals surface area contributed by atoms with Gasteiger partial charge in [0.2, 0.25) is 0 Å². The highest BCUT2D eigenvalue weighted by Gasteiger charge is 1.63. The lowest BCUT2D eigenvalue weighted by Crippen LogP contribution is -1.42. The van der Waals surface area contributed by atoms with Crippen LogP contribution in [0.5, 0.6) is 0 Å². The lowest BCUT2D eigenvalue weighted by molar-refractivity contribution is 1.88. The number of rotatable bonds is 0. The van der Waals surface area contributed by atoms with Crippen LogP contribution in [0.1, 0.15) is 0 Å². The molecular weight excluding hydrogens is 84.1 g/mol. The fraction of sp³-hybridized carbons (Fsp3) is 0. The van der Waals surface area contributed by atoms with Gasteiger partial charge in [-0.05, 0) is 24.3 Å². The van der Waals surface area contributed by atoms with Gasteiger partial charge in [0.25, 0.3) is 0 Å². The molecule has 0 atom stereocenters. The molecule has 0 heterocycles. The van der Waals surface area contributed by atoms with E-state index < -0.39 is 0 Å². The maximum Gasteiger partial charge on any atom is -0.0177 e. The minimum absolute atomic E-state index is 1.82. The largest absolute Gasteiger partial charge is 0.121 e. The molecule has 0 saturated carbocycles. The molecule has 0 N–H and O–H groups in total. The van der Waals surface area contributed by atoms with Crippen molar-refractivity contribution in [3.8, 4) is 0 Å². The van der Waals surface area contributed by atoms with Crippen molar-refractivity contribution in [3.05, 3.63) is 42.2 Å². The molecular formula is C7H5. The van der Waals surface area contributed by atoms with Crippen LogP contribution in [0.3, 0.4) is 0 Å². The van der Waals surface area contributed by atoms with Crippen LogP contribution in [0.2, 0.25) is 0 Å². The molecule has 1 radical (unpaired) electrons. The van der Waals surface area contributed by atoms with Crippen molar-refractivity contribution < 1.29 is 0 Å². The monoisotopic (exact) mass is 89.0 g/mol. The SMILES string of the molecule is [C]1=CC=C=CC=C1. The lowest BCUT2D eigenvalue weighted by Gasteiger charge is -1.59. The van der Waals surface area contributed by atoms with E-state index in [-0.39, 0.29) is 0 Å². The summed E-state index contributed by atoms with van der Waals surface area (Å²) in [4.78, 5) is 0. The molecule has 0 amide bonds. The van der Waals surface area contributed by atoms with Gasteiger partial charge in [0.15, 0.2) is 0 Å². The second-order valence-corrected chi connectivity index (χ2v) is 1.19. The van der Waals surface area contributed by atoms with Crippen molar-refractivity contribution in [3.63, 3.8) is 0 Å². The average molecular weight is 89.1 g/mol. The first-order chi connectivity index (χ1) is 3.50. The molecule has 0 nitrogen and oxygen atoms in total. The summed E-state index contributed by atoms with van der Waals surface area (Å²) in [6.45, 7) is 0. The van der Waals surface area contributed by atoms with E-state index in [1.165, 1.54) is 0 Å². The van der Waals surface area contributed by atoms with Crippen molar-refractivity contribution in [2.45, 2.75) is 0 Å². The van der Waals surface area contributed by atoms with E-state index in [0.717, 1.165) is 0 Å². The Morgan fingerprint density at radius 3 is 3.00 bits per heavy atom. The van der Waals surface area contributed by atoms with Gasteiger partial charge >= 0.3 is 0 Å². The summed E-state index contributed by atoms with van der Waals surface area (Å²) < 4.78 is 0. The van der Waals surface area contributed by atoms with E-state index >= 15 is 0 Å². The zero-order valence-electron chi connectivity index (χ0n) is 3.89. The topological polar surface area (TPSA) is 0 Å². The molecule has 0 fully saturated rings. The Morgan fingerprint density at radius 1 is 1.00 bits per heavy atom. The molecule has 1 rings (SSSR count). The average Bonchev–Trinajstić information content (AvgIpc) is 1.90. The van der Waals surface area contributed by atoms with Crippen molar-refractivity contribution in [2.24, 2.45) is 0 Å². The molecule has 0 saturated heterocycles. The molecule has 0 heteroatoms. The van der Waals surface area contributed by atoms with Gasteiger partial charge in [-0.25, -0.2) is 0 Å². The zero-order valence-corrected chi connectivity index (χ0v) is 3.89. The maximum absolute atomic E-state index is 2.89. The Balaban J connectivity index is 2.86. The van der Waals surface area contributed by atoms with Crippen LogP contribution in [0.4, 0.5) is 0 Å². The Labute approximate surface area is 43.2 Å². The highest BCUT2D eigenvalue weighted by Crippen LogP contribution is 1.82. The van der Waals surface area contributed by atoms with Gasteiger partial charge in [0, 0.05) is 0 Å². The molecule has 0 aromatic carbocycles. The van der Waals surface area contributed by atoms with E-state index in [1.807, 2.05) is 30.4 Å². The van der Waals surface area contributed by atoms with Crippen molar-refractivity contribution in [1.29, 1.82) is 0 Å². The van der Waals surface area contributed by atoms with Gasteiger partial charge in [0.05, 0.1) is 0 Å². The molecule has 0 aromatic rings. The minimum atomic E-state index is 1.82. The highest BCUT2D eigenvalue weighted by molar-refractivity contribution is 5.15. The quantitative estimate of drug-likeness (QED) is 0.396. The predicted octanol–water partition coefficient (Wildman–Crippen LogP) is 1.63. The van der Waals surface area contributed by atoms with Gasteiger partial charge in [-0.2, -0.15) is 0 Å². The number of hydrogen-bond donors (Lipinski definition) is 0. The summed E-state index contributed by atoms with van der Waals surface area (Å²) in [6, 6.07) is 0. The smallest absolute Gasteiger partial charge is 0.0177 e. The molecule has 0 spiro atoms. The van der Waals surface area contributed by atoms with Crippen LogP contribution in [0.15, 0.2) is 36.1 Å². The number of hydrogen-bond acceptors (Lipinski definition) is 0. The van der Waals surface area contributed by atoms with Gasteiger partial charge < -0.3 is 0 Å². The normalized spacial score (nSPS) is 14.9. The van der Waals surface area contributed by atoms with Crippen LogP contribution in [-0.4, -0.2) is 0 Å². The summed E-state index contributed by atoms with van der Waals surface area (Å²) in [5, 5.41) is 0. The fourth-order valence-corrected chi connectivity index (χ4v) is 0.367. The Morgan fingerprint density at radius 2 is 2.00 bits per heavy atom. The van der Waals surface area contributed by atoms with Crippen molar-refractivity contribution in [1.82, 2.24) is 0 Å². The zero-order chi connectivity index (χ0) is 4.95. The second kappa shape index (κ2) is 2.22. The highest BCUT2D eigenvalue weighted by atomic mass is 13.7. The molecule has 0 aromatic heterocycles. The summed E-state index contributed by atoms with van der Waals surface area (Å²) in [5.41, 5.74) is 2.89. The minimum Gasteiger partial charge on any atom is -0.121 e. The second-order valence-electron chi connectivity index (χ2n) is 1.19. The maximum atomic E-state index is 2.89. The Kier molecular flexibility index (Phi) is 1.32. The fourth-order valence-electron chi connectivity index (χ4n) is 0.367. The first kappa shape index (κ1) is 4.17. The third-order valence-corrected chi connectivity index (χ3v) is 0.661. The lowest BCUT2D eigenvalue weighted by atomic mass is 10.5. The van der Waals surface area contributed by atoms with Crippen LogP contribution in [0.25, 0.3) is 0 Å². The van der Waals surface area contributed by atoms with E-state index in [0.29, 0.717) is 0 Å². The first-order valence-corrected chi connectivity index (χ1v) is 2.15. The molecule has 0 unspecified atom stereocenters. The van der Waals surface area contributed by atoms with Crippen LogP contribution in [0, 0.1) is 6.08 Å². The van der Waals surface area contributed by atoms with Gasteiger partial charge in [-0.1, -0.05) is 12.2 Å². The molecule has 1 aliphatic carbocycles. The third kappa shape index (κ3) is 1.25. The van der Waals surface area contributed by atoms with E-state index in [2.05, 4.69) is 11.8 Å². The summed E-state index contributed by atoms with van der Waals surface area (Å²) in [6.07, 6.45) is 12.1. The predicted molar refractivity (Wildman–Crippen MR) is 29.6 cm³/mol. The van der Waals surface area contributed by atoms with E-state index in [1.54, 1.807) is 0 Å². The van der Waals surface area contributed by atoms with Gasteiger partial charge in [-0.3, -0.25) is 0 Å². The van der Waals surface area contributed by atoms with Crippen LogP contribution < -0.4 is 0 Å². The van der Waals surface area contributed by atoms with Gasteiger partial charge in [0.1, 0.15) is 0 Å². The molecule has 0 bridgehead atoms. The van der Waals surface area contributed by atoms with E-state index in [4.69, 9.17) is 0 Å². The summed E-state index contributed by atoms with van der Waals surface area (Å²) in [5.74, 6) is 0. The van der Waals surface area contributed by atoms with E-state index in [9.17, 15) is 0 Å². The summed E-state index contributed by atoms with van der Waals surface area (Å²) in [7, 11) is 0.